The summed E-state index contributed by atoms with van der Waals surface area (Å²) in [6.07, 6.45) is 9.12. The van der Waals surface area contributed by atoms with Crippen molar-refractivity contribution in [3.8, 4) is 0 Å². The average Bonchev–Trinajstić information content (AvgIpc) is 2.71. The van der Waals surface area contributed by atoms with Crippen LogP contribution in [0.4, 0.5) is 0 Å². The molecule has 2 N–H and O–H groups in total. The van der Waals surface area contributed by atoms with Crippen LogP contribution in [0.15, 0.2) is 0 Å². The average molecular weight is 308 g/mol. The number of hydrogen-bond acceptors (Lipinski definition) is 2. The first-order valence-electron chi connectivity index (χ1n) is 9.08. The van der Waals surface area contributed by atoms with Gasteiger partial charge in [-0.1, -0.05) is 26.7 Å². The van der Waals surface area contributed by atoms with E-state index < -0.39 is 0 Å². The maximum absolute atomic E-state index is 13.0. The maximum Gasteiger partial charge on any atom is 0.225 e. The Morgan fingerprint density at radius 2 is 1.64 bits per heavy atom. The van der Waals surface area contributed by atoms with Crippen molar-refractivity contribution in [3.63, 3.8) is 0 Å². The molecule has 1 saturated heterocycles. The molecule has 0 aromatic carbocycles. The molecule has 1 aliphatic heterocycles. The number of likely N-dealkylation sites (tertiary alicyclic amines) is 1. The van der Waals surface area contributed by atoms with Crippen LogP contribution in [-0.2, 0) is 9.59 Å². The van der Waals surface area contributed by atoms with E-state index in [9.17, 15) is 9.59 Å². The molecule has 126 valence electrons. The Bertz CT molecular complexity index is 387. The van der Waals surface area contributed by atoms with Crippen molar-refractivity contribution in [3.05, 3.63) is 0 Å². The molecule has 0 spiro atoms. The van der Waals surface area contributed by atoms with Crippen LogP contribution in [0.2, 0.25) is 0 Å². The third-order valence-corrected chi connectivity index (χ3v) is 5.38. The first-order chi connectivity index (χ1) is 10.5. The van der Waals surface area contributed by atoms with E-state index in [1.165, 1.54) is 12.8 Å². The molecule has 4 heteroatoms. The van der Waals surface area contributed by atoms with E-state index >= 15 is 0 Å². The van der Waals surface area contributed by atoms with Crippen molar-refractivity contribution in [2.45, 2.75) is 77.7 Å². The zero-order chi connectivity index (χ0) is 16.1. The highest BCUT2D eigenvalue weighted by Crippen LogP contribution is 2.32. The number of rotatable bonds is 4. The Morgan fingerprint density at radius 1 is 1.00 bits per heavy atom. The lowest BCUT2D eigenvalue weighted by Crippen LogP contribution is -2.45. The lowest BCUT2D eigenvalue weighted by atomic mass is 9.80. The first-order valence-corrected chi connectivity index (χ1v) is 9.08. The second kappa shape index (κ2) is 7.98. The first kappa shape index (κ1) is 17.3. The van der Waals surface area contributed by atoms with Crippen molar-refractivity contribution < 1.29 is 9.59 Å². The molecule has 0 aromatic heterocycles. The molecule has 1 atom stereocenters. The van der Waals surface area contributed by atoms with Crippen LogP contribution in [0, 0.1) is 17.8 Å². The summed E-state index contributed by atoms with van der Waals surface area (Å²) in [5.41, 5.74) is 5.39. The fourth-order valence-corrected chi connectivity index (χ4v) is 4.12. The van der Waals surface area contributed by atoms with E-state index in [2.05, 4.69) is 18.7 Å². The monoisotopic (exact) mass is 308 g/mol. The molecule has 2 fully saturated rings. The van der Waals surface area contributed by atoms with Crippen molar-refractivity contribution in [2.24, 2.45) is 23.5 Å². The lowest BCUT2D eigenvalue weighted by molar-refractivity contribution is -0.140. The molecule has 2 rings (SSSR count). The second-order valence-corrected chi connectivity index (χ2v) is 7.62. The standard InChI is InChI=1S/C18H32N2O2/c1-13(2)12-16-6-4-3-5-11-20(16)18(22)15-9-7-14(8-10-15)17(19)21/h13-16H,3-12H2,1-2H3,(H2,19,21). The number of carbonyl (C=O) groups excluding carboxylic acids is 2. The molecule has 1 unspecified atom stereocenters. The van der Waals surface area contributed by atoms with Crippen LogP contribution in [0.3, 0.4) is 0 Å². The van der Waals surface area contributed by atoms with Gasteiger partial charge in [-0.25, -0.2) is 0 Å². The summed E-state index contributed by atoms with van der Waals surface area (Å²) < 4.78 is 0. The third kappa shape index (κ3) is 4.47. The molecule has 4 nitrogen and oxygen atoms in total. The smallest absolute Gasteiger partial charge is 0.225 e. The highest BCUT2D eigenvalue weighted by atomic mass is 16.2. The molecule has 0 bridgehead atoms. The molecule has 1 saturated carbocycles. The van der Waals surface area contributed by atoms with Crippen LogP contribution in [0.5, 0.6) is 0 Å². The highest BCUT2D eigenvalue weighted by molar-refractivity contribution is 5.80. The number of nitrogens with zero attached hydrogens (tertiary/aromatic N) is 1. The number of amides is 2. The summed E-state index contributed by atoms with van der Waals surface area (Å²) in [4.78, 5) is 26.4. The van der Waals surface area contributed by atoms with E-state index in [0.717, 1.165) is 51.5 Å². The number of hydrogen-bond donors (Lipinski definition) is 1. The zero-order valence-electron chi connectivity index (χ0n) is 14.2. The summed E-state index contributed by atoms with van der Waals surface area (Å²) in [5.74, 6) is 0.876. The Labute approximate surface area is 134 Å². The van der Waals surface area contributed by atoms with Gasteiger partial charge in [-0.3, -0.25) is 9.59 Å². The van der Waals surface area contributed by atoms with Crippen molar-refractivity contribution in [1.82, 2.24) is 4.90 Å². The number of primary amides is 1. The Balaban J connectivity index is 1.97. The Kier molecular flexibility index (Phi) is 6.27. The van der Waals surface area contributed by atoms with Gasteiger partial charge in [0.15, 0.2) is 0 Å². The minimum absolute atomic E-state index is 0.0142. The van der Waals surface area contributed by atoms with Crippen LogP contribution in [-0.4, -0.2) is 29.3 Å². The van der Waals surface area contributed by atoms with Gasteiger partial charge in [0.2, 0.25) is 11.8 Å². The normalized spacial score (nSPS) is 30.1. The largest absolute Gasteiger partial charge is 0.369 e. The van der Waals surface area contributed by atoms with E-state index in [4.69, 9.17) is 5.73 Å². The molecule has 2 aliphatic rings. The summed E-state index contributed by atoms with van der Waals surface area (Å²) in [7, 11) is 0. The van der Waals surface area contributed by atoms with Crippen molar-refractivity contribution in [1.29, 1.82) is 0 Å². The fraction of sp³-hybridized carbons (Fsp3) is 0.889. The topological polar surface area (TPSA) is 63.4 Å². The fourth-order valence-electron chi connectivity index (χ4n) is 4.12. The maximum atomic E-state index is 13.0. The van der Waals surface area contributed by atoms with Gasteiger partial charge in [0.25, 0.3) is 0 Å². The van der Waals surface area contributed by atoms with Gasteiger partial charge in [-0.2, -0.15) is 0 Å². The van der Waals surface area contributed by atoms with Gasteiger partial charge in [-0.15, -0.1) is 0 Å². The van der Waals surface area contributed by atoms with Gasteiger partial charge in [0.1, 0.15) is 0 Å². The Hall–Kier alpha value is -1.06. The lowest BCUT2D eigenvalue weighted by Gasteiger charge is -2.36. The molecular formula is C18H32N2O2. The molecule has 0 aromatic rings. The minimum Gasteiger partial charge on any atom is -0.369 e. The van der Waals surface area contributed by atoms with Crippen LogP contribution >= 0.6 is 0 Å². The van der Waals surface area contributed by atoms with Gasteiger partial charge >= 0.3 is 0 Å². The van der Waals surface area contributed by atoms with Crippen LogP contribution in [0.1, 0.15) is 71.6 Å². The van der Waals surface area contributed by atoms with Crippen molar-refractivity contribution in [2.75, 3.05) is 6.54 Å². The minimum atomic E-state index is -0.196. The van der Waals surface area contributed by atoms with Gasteiger partial charge in [-0.05, 0) is 50.9 Å². The van der Waals surface area contributed by atoms with Crippen LogP contribution in [0.25, 0.3) is 0 Å². The molecule has 22 heavy (non-hydrogen) atoms. The van der Waals surface area contributed by atoms with Gasteiger partial charge in [0.05, 0.1) is 0 Å². The SMILES string of the molecule is CC(C)CC1CCCCCN1C(=O)C1CCC(C(N)=O)CC1. The predicted molar refractivity (Wildman–Crippen MR) is 88.1 cm³/mol. The summed E-state index contributed by atoms with van der Waals surface area (Å²) in [6.45, 7) is 5.41. The molecule has 2 amide bonds. The quantitative estimate of drug-likeness (QED) is 0.867. The summed E-state index contributed by atoms with van der Waals surface area (Å²) >= 11 is 0. The van der Waals surface area contributed by atoms with Gasteiger partial charge < -0.3 is 10.6 Å². The molecule has 1 heterocycles. The van der Waals surface area contributed by atoms with E-state index in [1.807, 2.05) is 0 Å². The van der Waals surface area contributed by atoms with E-state index in [0.29, 0.717) is 17.9 Å². The third-order valence-electron chi connectivity index (χ3n) is 5.38. The molecule has 0 radical (unpaired) electrons. The number of nitrogens with two attached hydrogens (primary N) is 1. The summed E-state index contributed by atoms with van der Waals surface area (Å²) in [6, 6.07) is 0.420. The van der Waals surface area contributed by atoms with E-state index in [1.54, 1.807) is 0 Å². The zero-order valence-corrected chi connectivity index (χ0v) is 14.2. The van der Waals surface area contributed by atoms with E-state index in [-0.39, 0.29) is 17.7 Å². The Morgan fingerprint density at radius 3 is 2.23 bits per heavy atom. The predicted octanol–water partition coefficient (Wildman–Crippen LogP) is 3.10. The molecular weight excluding hydrogens is 276 g/mol. The van der Waals surface area contributed by atoms with Crippen molar-refractivity contribution >= 4 is 11.8 Å². The number of carbonyl (C=O) groups is 2. The van der Waals surface area contributed by atoms with Gasteiger partial charge in [0, 0.05) is 24.4 Å². The second-order valence-electron chi connectivity index (χ2n) is 7.62. The van der Waals surface area contributed by atoms with Crippen LogP contribution < -0.4 is 5.73 Å². The highest BCUT2D eigenvalue weighted by Gasteiger charge is 2.34. The summed E-state index contributed by atoms with van der Waals surface area (Å²) in [5, 5.41) is 0. The molecule has 1 aliphatic carbocycles.